The normalized spacial score (nSPS) is 28.4. The molecule has 5 nitrogen and oxygen atoms in total. The van der Waals surface area contributed by atoms with E-state index in [0.29, 0.717) is 23.0 Å². The number of aromatic nitrogens is 1. The first-order valence-corrected chi connectivity index (χ1v) is 12.6. The fourth-order valence-electron chi connectivity index (χ4n) is 5.85. The Hall–Kier alpha value is -2.25. The van der Waals surface area contributed by atoms with Crippen molar-refractivity contribution in [1.29, 1.82) is 0 Å². The first-order valence-electron chi connectivity index (χ1n) is 10.9. The van der Waals surface area contributed by atoms with Crippen LogP contribution in [0.3, 0.4) is 0 Å². The van der Waals surface area contributed by atoms with Crippen LogP contribution in [-0.2, 0) is 11.3 Å². The van der Waals surface area contributed by atoms with E-state index in [1.54, 1.807) is 10.8 Å². The molecule has 4 unspecified atom stereocenters. The molecule has 0 radical (unpaired) electrons. The molecule has 3 aliphatic rings. The van der Waals surface area contributed by atoms with Gasteiger partial charge in [0.1, 0.15) is 12.3 Å². The van der Waals surface area contributed by atoms with Crippen LogP contribution in [0.4, 0.5) is 5.69 Å². The summed E-state index contributed by atoms with van der Waals surface area (Å²) < 4.78 is 7.56. The van der Waals surface area contributed by atoms with Gasteiger partial charge in [0.2, 0.25) is 5.91 Å². The van der Waals surface area contributed by atoms with Crippen molar-refractivity contribution in [2.45, 2.75) is 48.9 Å². The van der Waals surface area contributed by atoms with E-state index in [2.05, 4.69) is 5.32 Å². The number of carbonyl (C=O) groups excluding carboxylic acids is 1. The van der Waals surface area contributed by atoms with Gasteiger partial charge in [0.25, 0.3) is 0 Å². The summed E-state index contributed by atoms with van der Waals surface area (Å²) in [4.78, 5) is 26.8. The van der Waals surface area contributed by atoms with E-state index in [1.165, 1.54) is 30.6 Å². The van der Waals surface area contributed by atoms with Crippen LogP contribution in [-0.4, -0.2) is 15.7 Å². The highest BCUT2D eigenvalue weighted by atomic mass is 32.2. The molecule has 3 heterocycles. The van der Waals surface area contributed by atoms with Crippen LogP contribution in [0.5, 0.6) is 0 Å². The highest BCUT2D eigenvalue weighted by Crippen LogP contribution is 2.64. The van der Waals surface area contributed by atoms with E-state index in [1.807, 2.05) is 55.1 Å². The predicted molar refractivity (Wildman–Crippen MR) is 123 cm³/mol. The molecule has 1 aliphatic heterocycles. The van der Waals surface area contributed by atoms with Gasteiger partial charge in [-0.3, -0.25) is 14.2 Å². The number of nitrogens with zero attached hydrogens (tertiary/aromatic N) is 1. The quantitative estimate of drug-likeness (QED) is 0.598. The molecule has 1 N–H and O–H groups in total. The summed E-state index contributed by atoms with van der Waals surface area (Å²) in [6, 6.07) is 11.7. The van der Waals surface area contributed by atoms with Gasteiger partial charge in [0, 0.05) is 10.9 Å². The maximum absolute atomic E-state index is 13.0. The van der Waals surface area contributed by atoms with Crippen LogP contribution in [0.25, 0.3) is 0 Å². The first kappa shape index (κ1) is 19.4. The van der Waals surface area contributed by atoms with Gasteiger partial charge in [0.05, 0.1) is 22.1 Å². The van der Waals surface area contributed by atoms with Gasteiger partial charge in [0.15, 0.2) is 0 Å². The second kappa shape index (κ2) is 7.41. The molecule has 160 valence electrons. The van der Waals surface area contributed by atoms with Crippen molar-refractivity contribution in [1.82, 2.24) is 4.57 Å². The molecule has 31 heavy (non-hydrogen) atoms. The molecule has 0 spiro atoms. The predicted octanol–water partition coefficient (Wildman–Crippen LogP) is 5.10. The number of amides is 1. The summed E-state index contributed by atoms with van der Waals surface area (Å²) in [5.74, 6) is 2.86. The van der Waals surface area contributed by atoms with E-state index in [0.717, 1.165) is 26.9 Å². The molecular weight excluding hydrogens is 428 g/mol. The Kier molecular flexibility index (Phi) is 4.65. The topological polar surface area (TPSA) is 64.2 Å². The third kappa shape index (κ3) is 3.21. The van der Waals surface area contributed by atoms with Crippen LogP contribution in [0.15, 0.2) is 56.9 Å². The molecule has 5 atom stereocenters. The second-order valence-corrected chi connectivity index (χ2v) is 11.2. The van der Waals surface area contributed by atoms with Crippen LogP contribution < -0.4 is 10.2 Å². The second-order valence-electron chi connectivity index (χ2n) is 9.02. The Balaban J connectivity index is 1.34. The van der Waals surface area contributed by atoms with Crippen LogP contribution in [0, 0.1) is 24.7 Å². The molecule has 3 aromatic rings. The minimum absolute atomic E-state index is 0.0436. The standard InChI is InChI=1S/C24H24N2O3S2/c1-13-4-8-16(9-5-13)25-18(27)12-26-23-22(31-24(26)28)20(17-3-2-10-29-17)19-14-6-7-15(11-14)21(19)30-23/h2-5,8-10,14-15,19-21H,6-7,11-12H2,1H3,(H,25,27)/t14?,15?,19?,20-,21?/m0/s1. The van der Waals surface area contributed by atoms with Crippen molar-refractivity contribution in [3.63, 3.8) is 0 Å². The molecule has 2 bridgehead atoms. The average Bonchev–Trinajstić information content (AvgIpc) is 3.54. The van der Waals surface area contributed by atoms with Crippen molar-refractivity contribution in [3.8, 4) is 0 Å². The third-order valence-corrected chi connectivity index (χ3v) is 10.0. The smallest absolute Gasteiger partial charge is 0.308 e. The Morgan fingerprint density at radius 2 is 2.00 bits per heavy atom. The summed E-state index contributed by atoms with van der Waals surface area (Å²) in [6.07, 6.45) is 5.58. The van der Waals surface area contributed by atoms with Gasteiger partial charge in [-0.2, -0.15) is 0 Å². The molecule has 2 aromatic heterocycles. The summed E-state index contributed by atoms with van der Waals surface area (Å²) in [7, 11) is 0. The van der Waals surface area contributed by atoms with Gasteiger partial charge in [-0.25, -0.2) is 0 Å². The Bertz CT molecular complexity index is 1180. The number of fused-ring (bicyclic) bond motifs is 6. The summed E-state index contributed by atoms with van der Waals surface area (Å²) >= 11 is 3.14. The number of nitrogens with one attached hydrogen (secondary N) is 1. The number of anilines is 1. The zero-order chi connectivity index (χ0) is 21.1. The van der Waals surface area contributed by atoms with Gasteiger partial charge in [-0.1, -0.05) is 29.0 Å². The minimum atomic E-state index is -0.170. The van der Waals surface area contributed by atoms with Crippen LogP contribution >= 0.6 is 23.1 Å². The van der Waals surface area contributed by atoms with Gasteiger partial charge >= 0.3 is 4.87 Å². The number of benzene rings is 1. The fourth-order valence-corrected chi connectivity index (χ4v) is 8.99. The Labute approximate surface area is 188 Å². The first-order chi connectivity index (χ1) is 15.1. The highest BCUT2D eigenvalue weighted by Gasteiger charge is 2.55. The zero-order valence-corrected chi connectivity index (χ0v) is 18.9. The number of furan rings is 1. The number of aryl methyl sites for hydroxylation is 1. The summed E-state index contributed by atoms with van der Waals surface area (Å²) in [6.45, 7) is 2.06. The molecule has 7 heteroatoms. The monoisotopic (exact) mass is 452 g/mol. The Morgan fingerprint density at radius 3 is 2.77 bits per heavy atom. The van der Waals surface area contributed by atoms with Gasteiger partial charge < -0.3 is 9.73 Å². The van der Waals surface area contributed by atoms with Crippen LogP contribution in [0.1, 0.15) is 41.4 Å². The van der Waals surface area contributed by atoms with Crippen molar-refractivity contribution in [2.75, 3.05) is 5.32 Å². The lowest BCUT2D eigenvalue weighted by molar-refractivity contribution is -0.116. The molecule has 2 aliphatic carbocycles. The lowest BCUT2D eigenvalue weighted by Gasteiger charge is -2.39. The molecule has 2 saturated carbocycles. The average molecular weight is 453 g/mol. The molecule has 0 saturated heterocycles. The lowest BCUT2D eigenvalue weighted by atomic mass is 9.77. The van der Waals surface area contributed by atoms with E-state index >= 15 is 0 Å². The zero-order valence-electron chi connectivity index (χ0n) is 17.2. The lowest BCUT2D eigenvalue weighted by Crippen LogP contribution is -2.34. The fraction of sp³-hybridized carbons (Fsp3) is 0.417. The van der Waals surface area contributed by atoms with Crippen molar-refractivity contribution < 1.29 is 9.21 Å². The van der Waals surface area contributed by atoms with Gasteiger partial charge in [-0.15, -0.1) is 11.8 Å². The number of thioether (sulfide) groups is 1. The molecule has 1 aromatic carbocycles. The number of hydrogen-bond acceptors (Lipinski definition) is 5. The third-order valence-electron chi connectivity index (χ3n) is 7.18. The van der Waals surface area contributed by atoms with Crippen molar-refractivity contribution in [2.24, 2.45) is 17.8 Å². The summed E-state index contributed by atoms with van der Waals surface area (Å²) in [5.41, 5.74) is 1.89. The maximum Gasteiger partial charge on any atom is 0.308 e. The molecule has 1 amide bonds. The van der Waals surface area contributed by atoms with E-state index in [4.69, 9.17) is 4.42 Å². The maximum atomic E-state index is 13.0. The molecular formula is C24H24N2O3S2. The van der Waals surface area contributed by atoms with Gasteiger partial charge in [-0.05, 0) is 68.2 Å². The van der Waals surface area contributed by atoms with E-state index in [-0.39, 0.29) is 23.2 Å². The van der Waals surface area contributed by atoms with E-state index in [9.17, 15) is 9.59 Å². The minimum Gasteiger partial charge on any atom is -0.469 e. The number of rotatable bonds is 4. The number of carbonyl (C=O) groups is 1. The highest BCUT2D eigenvalue weighted by molar-refractivity contribution is 8.00. The Morgan fingerprint density at radius 1 is 1.19 bits per heavy atom. The number of thiazole rings is 1. The largest absolute Gasteiger partial charge is 0.469 e. The SMILES string of the molecule is Cc1ccc(NC(=O)Cn2c3c(sc2=O)[C@@H](c2ccco2)C2C4CCC(C4)C2S3)cc1. The van der Waals surface area contributed by atoms with E-state index < -0.39 is 0 Å². The summed E-state index contributed by atoms with van der Waals surface area (Å²) in [5, 5.41) is 4.41. The molecule has 6 rings (SSSR count). The van der Waals surface area contributed by atoms with Crippen molar-refractivity contribution >= 4 is 34.7 Å². The van der Waals surface area contributed by atoms with Crippen molar-refractivity contribution in [3.05, 3.63) is 68.5 Å². The van der Waals surface area contributed by atoms with Crippen LogP contribution in [0.2, 0.25) is 0 Å². The number of hydrogen-bond donors (Lipinski definition) is 1. The molecule has 2 fully saturated rings.